The largest absolute Gasteiger partial charge is 0.493 e. The molecule has 2 amide bonds. The number of carbonyl (C=O) groups excluding carboxylic acids is 2. The first-order valence-electron chi connectivity index (χ1n) is 8.88. The Morgan fingerprint density at radius 1 is 1.17 bits per heavy atom. The first kappa shape index (κ1) is 20.4. The zero-order valence-corrected chi connectivity index (χ0v) is 15.6. The maximum Gasteiger partial charge on any atom is 0.387 e. The third-order valence-corrected chi connectivity index (χ3v) is 4.29. The van der Waals surface area contributed by atoms with E-state index in [2.05, 4.69) is 15.4 Å². The molecule has 0 bridgehead atoms. The van der Waals surface area contributed by atoms with Crippen LogP contribution >= 0.6 is 0 Å². The fourth-order valence-corrected chi connectivity index (χ4v) is 2.92. The number of rotatable bonds is 8. The van der Waals surface area contributed by atoms with Crippen LogP contribution in [0.3, 0.4) is 0 Å². The maximum atomic E-state index is 12.4. The highest BCUT2D eigenvalue weighted by molar-refractivity contribution is 5.97. The number of hydrogen-bond acceptors (Lipinski definition) is 5. The fourth-order valence-electron chi connectivity index (χ4n) is 2.92. The van der Waals surface area contributed by atoms with Crippen LogP contribution in [0, 0.1) is 0 Å². The van der Waals surface area contributed by atoms with Crippen molar-refractivity contribution in [1.82, 2.24) is 10.6 Å². The van der Waals surface area contributed by atoms with Gasteiger partial charge in [-0.2, -0.15) is 8.78 Å². The molecule has 9 heteroatoms. The van der Waals surface area contributed by atoms with Gasteiger partial charge in [-0.15, -0.1) is 0 Å². The molecule has 0 aliphatic carbocycles. The van der Waals surface area contributed by atoms with E-state index < -0.39 is 12.5 Å². The lowest BCUT2D eigenvalue weighted by molar-refractivity contribution is -0.120. The quantitative estimate of drug-likeness (QED) is 0.702. The van der Waals surface area contributed by atoms with E-state index in [0.29, 0.717) is 13.0 Å². The zero-order chi connectivity index (χ0) is 20.8. The summed E-state index contributed by atoms with van der Waals surface area (Å²) in [5.41, 5.74) is 1.24. The van der Waals surface area contributed by atoms with E-state index in [9.17, 15) is 18.4 Å². The zero-order valence-electron chi connectivity index (χ0n) is 15.6. The number of methoxy groups -OCH3 is 1. The molecule has 1 atom stereocenters. The van der Waals surface area contributed by atoms with Gasteiger partial charge < -0.3 is 24.8 Å². The SMILES string of the molecule is COc1cc(C(=O)NCC(=O)NCC2Cc3ccccc3O2)ccc1OC(F)F. The Morgan fingerprint density at radius 3 is 2.69 bits per heavy atom. The summed E-state index contributed by atoms with van der Waals surface area (Å²) in [6, 6.07) is 11.4. The monoisotopic (exact) mass is 406 g/mol. The van der Waals surface area contributed by atoms with E-state index in [-0.39, 0.29) is 35.6 Å². The predicted molar refractivity (Wildman–Crippen MR) is 99.5 cm³/mol. The smallest absolute Gasteiger partial charge is 0.387 e. The minimum atomic E-state index is -3.01. The van der Waals surface area contributed by atoms with Crippen molar-refractivity contribution < 1.29 is 32.6 Å². The molecule has 7 nitrogen and oxygen atoms in total. The van der Waals surface area contributed by atoms with Gasteiger partial charge in [0.05, 0.1) is 20.2 Å². The Balaban J connectivity index is 1.46. The van der Waals surface area contributed by atoms with Gasteiger partial charge >= 0.3 is 6.61 Å². The molecule has 2 N–H and O–H groups in total. The molecule has 29 heavy (non-hydrogen) atoms. The average Bonchev–Trinajstić information content (AvgIpc) is 3.13. The van der Waals surface area contributed by atoms with Crippen LogP contribution in [0.1, 0.15) is 15.9 Å². The van der Waals surface area contributed by atoms with E-state index in [1.54, 1.807) is 0 Å². The van der Waals surface area contributed by atoms with Crippen LogP contribution in [0.25, 0.3) is 0 Å². The topological polar surface area (TPSA) is 85.9 Å². The predicted octanol–water partition coefficient (Wildman–Crippen LogP) is 2.15. The molecule has 0 saturated heterocycles. The molecule has 0 aromatic heterocycles. The molecule has 1 aliphatic rings. The Hall–Kier alpha value is -3.36. The second-order valence-corrected chi connectivity index (χ2v) is 6.28. The van der Waals surface area contributed by atoms with Gasteiger partial charge in [0.1, 0.15) is 11.9 Å². The molecule has 1 unspecified atom stereocenters. The second kappa shape index (κ2) is 9.22. The molecular weight excluding hydrogens is 386 g/mol. The van der Waals surface area contributed by atoms with Gasteiger partial charge in [-0.05, 0) is 29.8 Å². The van der Waals surface area contributed by atoms with Crippen LogP contribution in [-0.2, 0) is 11.2 Å². The van der Waals surface area contributed by atoms with Crippen molar-refractivity contribution in [2.24, 2.45) is 0 Å². The number of carbonyl (C=O) groups is 2. The summed E-state index contributed by atoms with van der Waals surface area (Å²) < 4.78 is 39.7. The summed E-state index contributed by atoms with van der Waals surface area (Å²) in [7, 11) is 1.27. The summed E-state index contributed by atoms with van der Waals surface area (Å²) in [5.74, 6) is -0.308. The van der Waals surface area contributed by atoms with E-state index in [1.807, 2.05) is 24.3 Å². The Bertz CT molecular complexity index is 866. The number of ether oxygens (including phenoxy) is 3. The molecule has 154 valence electrons. The Morgan fingerprint density at radius 2 is 1.97 bits per heavy atom. The molecule has 1 heterocycles. The van der Waals surface area contributed by atoms with Gasteiger partial charge in [0.2, 0.25) is 5.91 Å². The van der Waals surface area contributed by atoms with Crippen molar-refractivity contribution in [1.29, 1.82) is 0 Å². The normalized spacial score (nSPS) is 14.7. The lowest BCUT2D eigenvalue weighted by atomic mass is 10.1. The number of fused-ring (bicyclic) bond motifs is 1. The minimum absolute atomic E-state index is 0.0136. The fraction of sp³-hybridized carbons (Fsp3) is 0.300. The van der Waals surface area contributed by atoms with Crippen molar-refractivity contribution >= 4 is 11.8 Å². The maximum absolute atomic E-state index is 12.4. The van der Waals surface area contributed by atoms with Crippen LogP contribution in [0.15, 0.2) is 42.5 Å². The van der Waals surface area contributed by atoms with Gasteiger partial charge in [0.15, 0.2) is 11.5 Å². The summed E-state index contributed by atoms with van der Waals surface area (Å²) in [4.78, 5) is 24.2. The van der Waals surface area contributed by atoms with Crippen molar-refractivity contribution in [3.8, 4) is 17.2 Å². The van der Waals surface area contributed by atoms with E-state index >= 15 is 0 Å². The van der Waals surface area contributed by atoms with Crippen LogP contribution in [-0.4, -0.2) is 44.7 Å². The number of amides is 2. The van der Waals surface area contributed by atoms with Crippen molar-refractivity contribution in [2.75, 3.05) is 20.2 Å². The highest BCUT2D eigenvalue weighted by atomic mass is 19.3. The number of halogens is 2. The first-order chi connectivity index (χ1) is 14.0. The number of hydrogen-bond donors (Lipinski definition) is 2. The Kier molecular flexibility index (Phi) is 6.48. The van der Waals surface area contributed by atoms with Gasteiger partial charge in [-0.3, -0.25) is 9.59 Å². The third-order valence-electron chi connectivity index (χ3n) is 4.29. The van der Waals surface area contributed by atoms with Gasteiger partial charge in [-0.1, -0.05) is 18.2 Å². The number of benzene rings is 2. The first-order valence-corrected chi connectivity index (χ1v) is 8.88. The van der Waals surface area contributed by atoms with Crippen LogP contribution in [0.5, 0.6) is 17.2 Å². The molecule has 2 aromatic carbocycles. The summed E-state index contributed by atoms with van der Waals surface area (Å²) >= 11 is 0. The molecule has 0 spiro atoms. The average molecular weight is 406 g/mol. The molecule has 0 radical (unpaired) electrons. The number of alkyl halides is 2. The van der Waals surface area contributed by atoms with Crippen LogP contribution < -0.4 is 24.8 Å². The lowest BCUT2D eigenvalue weighted by Gasteiger charge is -2.13. The van der Waals surface area contributed by atoms with Crippen molar-refractivity contribution in [3.05, 3.63) is 53.6 Å². The summed E-state index contributed by atoms with van der Waals surface area (Å²) in [5, 5.41) is 5.18. The van der Waals surface area contributed by atoms with Gasteiger partial charge in [-0.25, -0.2) is 0 Å². The molecule has 1 aliphatic heterocycles. The van der Waals surface area contributed by atoms with E-state index in [0.717, 1.165) is 11.3 Å². The number of nitrogens with one attached hydrogen (secondary N) is 2. The van der Waals surface area contributed by atoms with Crippen LogP contribution in [0.2, 0.25) is 0 Å². The summed E-state index contributed by atoms with van der Waals surface area (Å²) in [6.45, 7) is -2.93. The summed E-state index contributed by atoms with van der Waals surface area (Å²) in [6.07, 6.45) is 0.550. The van der Waals surface area contributed by atoms with E-state index in [4.69, 9.17) is 9.47 Å². The van der Waals surface area contributed by atoms with Crippen molar-refractivity contribution in [2.45, 2.75) is 19.1 Å². The van der Waals surface area contributed by atoms with Crippen molar-refractivity contribution in [3.63, 3.8) is 0 Å². The lowest BCUT2D eigenvalue weighted by Crippen LogP contribution is -2.41. The van der Waals surface area contributed by atoms with E-state index in [1.165, 1.54) is 25.3 Å². The minimum Gasteiger partial charge on any atom is -0.493 e. The molecule has 0 saturated carbocycles. The number of para-hydroxylation sites is 1. The molecule has 0 fully saturated rings. The van der Waals surface area contributed by atoms with Gasteiger partial charge in [0.25, 0.3) is 5.91 Å². The molecule has 2 aromatic rings. The Labute approximate surface area is 165 Å². The third kappa shape index (κ3) is 5.34. The highest BCUT2D eigenvalue weighted by Gasteiger charge is 2.22. The van der Waals surface area contributed by atoms with Gasteiger partial charge in [0, 0.05) is 12.0 Å². The molecular formula is C20H20F2N2O5. The van der Waals surface area contributed by atoms with Crippen LogP contribution in [0.4, 0.5) is 8.78 Å². The molecule has 3 rings (SSSR count). The highest BCUT2D eigenvalue weighted by Crippen LogP contribution is 2.29. The second-order valence-electron chi connectivity index (χ2n) is 6.28. The standard InChI is InChI=1S/C20H20F2N2O5/c1-27-17-9-13(6-7-16(17)29-20(21)22)19(26)24-11-18(25)23-10-14-8-12-4-2-3-5-15(12)28-14/h2-7,9,14,20H,8,10-11H2,1H3,(H,23,25)(H,24,26).